The van der Waals surface area contributed by atoms with Gasteiger partial charge in [0.2, 0.25) is 0 Å². The molecule has 0 heterocycles. The molecule has 0 aromatic heterocycles. The molecule has 2 unspecified atom stereocenters. The zero-order valence-corrected chi connectivity index (χ0v) is 24.9. The smallest absolute Gasteiger partial charge is 0.192 e. The van der Waals surface area contributed by atoms with Crippen LogP contribution in [0.2, 0.25) is 0 Å². The van der Waals surface area contributed by atoms with Gasteiger partial charge < -0.3 is 8.85 Å². The Balaban J connectivity index is 2.70. The highest BCUT2D eigenvalue weighted by atomic mass is 28.2. The summed E-state index contributed by atoms with van der Waals surface area (Å²) in [5.41, 5.74) is 0.928. The van der Waals surface area contributed by atoms with Crippen molar-refractivity contribution < 1.29 is 8.85 Å². The first-order valence-corrected chi connectivity index (χ1v) is 14.2. The van der Waals surface area contributed by atoms with E-state index in [0.717, 1.165) is 12.8 Å². The third-order valence-corrected chi connectivity index (χ3v) is 8.20. The summed E-state index contributed by atoms with van der Waals surface area (Å²) in [6, 6.07) is 9.13. The topological polar surface area (TPSA) is 18.5 Å². The summed E-state index contributed by atoms with van der Waals surface area (Å²) in [7, 11) is -1.45. The Morgan fingerprint density at radius 1 is 0.567 bits per heavy atom. The molecule has 2 nitrogen and oxygen atoms in total. The van der Waals surface area contributed by atoms with Gasteiger partial charge in [0.25, 0.3) is 0 Å². The second kappa shape index (κ2) is 10.5. The van der Waals surface area contributed by atoms with Crippen LogP contribution in [-0.2, 0) is 8.85 Å². The van der Waals surface area contributed by atoms with Gasteiger partial charge in [0.15, 0.2) is 19.5 Å². The molecular weight excluding hydrogens is 400 g/mol. The summed E-state index contributed by atoms with van der Waals surface area (Å²) in [5.74, 6) is 0. The summed E-state index contributed by atoms with van der Waals surface area (Å²) < 4.78 is 13.1. The second-order valence-electron chi connectivity index (χ2n) is 13.7. The van der Waals surface area contributed by atoms with Crippen molar-refractivity contribution in [1.82, 2.24) is 0 Å². The number of rotatable bonds is 8. The van der Waals surface area contributed by atoms with Crippen LogP contribution in [0.5, 0.6) is 0 Å². The maximum atomic E-state index is 6.53. The normalized spacial score (nSPS) is 16.7. The molecule has 0 bridgehead atoms. The van der Waals surface area contributed by atoms with Gasteiger partial charge in [0.05, 0.1) is 12.2 Å². The van der Waals surface area contributed by atoms with Crippen LogP contribution in [0, 0.1) is 21.7 Å². The van der Waals surface area contributed by atoms with Crippen LogP contribution in [0.25, 0.3) is 0 Å². The van der Waals surface area contributed by atoms with Gasteiger partial charge >= 0.3 is 0 Å². The minimum absolute atomic E-state index is 0.177. The highest BCUT2D eigenvalue weighted by molar-refractivity contribution is 6.49. The van der Waals surface area contributed by atoms with Crippen LogP contribution in [0.3, 0.4) is 0 Å². The van der Waals surface area contributed by atoms with E-state index in [-0.39, 0.29) is 21.7 Å². The molecular formula is C26H50O2Si2. The average molecular weight is 451 g/mol. The highest BCUT2D eigenvalue weighted by Gasteiger charge is 2.30. The van der Waals surface area contributed by atoms with Crippen LogP contribution >= 0.6 is 0 Å². The van der Waals surface area contributed by atoms with E-state index >= 15 is 0 Å². The Bertz CT molecular complexity index is 568. The van der Waals surface area contributed by atoms with Gasteiger partial charge in [0, 0.05) is 0 Å². The second-order valence-corrected chi connectivity index (χ2v) is 16.6. The van der Waals surface area contributed by atoms with Crippen molar-refractivity contribution in [3.05, 3.63) is 24.3 Å². The lowest BCUT2D eigenvalue weighted by Crippen LogP contribution is -2.38. The molecule has 0 saturated carbocycles. The molecule has 1 rings (SSSR count). The molecule has 0 aliphatic rings. The van der Waals surface area contributed by atoms with Gasteiger partial charge in [-0.05, 0) is 44.9 Å². The minimum atomic E-state index is -0.724. The van der Waals surface area contributed by atoms with Crippen molar-refractivity contribution in [1.29, 1.82) is 0 Å². The van der Waals surface area contributed by atoms with E-state index in [1.807, 2.05) is 0 Å². The van der Waals surface area contributed by atoms with Crippen molar-refractivity contribution in [2.75, 3.05) is 0 Å². The standard InChI is InChI=1S/C26H50O2Si2/c1-23(2,3)17-21(25(7,8)9)27-29-19-13-15-20(16-14-19)30-28-22(26(10,11)12)18-24(4,5)6/h13-16,21-22H,17-18,29-30H2,1-12H3. The molecule has 1 aromatic rings. The van der Waals surface area contributed by atoms with Crippen molar-refractivity contribution in [2.45, 2.75) is 108 Å². The first-order chi connectivity index (χ1) is 13.4. The Morgan fingerprint density at radius 2 is 0.833 bits per heavy atom. The van der Waals surface area contributed by atoms with Gasteiger partial charge in [-0.2, -0.15) is 0 Å². The maximum Gasteiger partial charge on any atom is 0.192 e. The molecule has 30 heavy (non-hydrogen) atoms. The zero-order chi connectivity index (χ0) is 23.4. The van der Waals surface area contributed by atoms with Gasteiger partial charge in [-0.3, -0.25) is 0 Å². The molecule has 0 aliphatic heterocycles. The molecule has 4 heteroatoms. The van der Waals surface area contributed by atoms with E-state index in [0.29, 0.717) is 12.2 Å². The maximum absolute atomic E-state index is 6.53. The van der Waals surface area contributed by atoms with Crippen LogP contribution in [0.1, 0.15) is 95.9 Å². The predicted molar refractivity (Wildman–Crippen MR) is 140 cm³/mol. The Hall–Kier alpha value is -0.426. The van der Waals surface area contributed by atoms with Crippen LogP contribution in [-0.4, -0.2) is 31.7 Å². The van der Waals surface area contributed by atoms with Gasteiger partial charge in [-0.25, -0.2) is 0 Å². The van der Waals surface area contributed by atoms with E-state index in [9.17, 15) is 0 Å². The highest BCUT2D eigenvalue weighted by Crippen LogP contribution is 2.33. The first kappa shape index (κ1) is 27.6. The fourth-order valence-corrected chi connectivity index (χ4v) is 6.35. The average Bonchev–Trinajstić information content (AvgIpc) is 2.52. The third kappa shape index (κ3) is 11.3. The van der Waals surface area contributed by atoms with E-state index in [1.165, 1.54) is 10.4 Å². The van der Waals surface area contributed by atoms with Crippen LogP contribution < -0.4 is 10.4 Å². The Morgan fingerprint density at radius 3 is 1.03 bits per heavy atom. The van der Waals surface area contributed by atoms with Crippen molar-refractivity contribution in [3.8, 4) is 0 Å². The van der Waals surface area contributed by atoms with E-state index in [4.69, 9.17) is 8.85 Å². The predicted octanol–water partition coefficient (Wildman–Crippen LogP) is 4.84. The summed E-state index contributed by atoms with van der Waals surface area (Å²) in [6.45, 7) is 27.6. The molecule has 174 valence electrons. The van der Waals surface area contributed by atoms with Crippen LogP contribution in [0.4, 0.5) is 0 Å². The fourth-order valence-electron chi connectivity index (χ4n) is 3.47. The minimum Gasteiger partial charge on any atom is -0.415 e. The summed E-state index contributed by atoms with van der Waals surface area (Å²) in [4.78, 5) is 0. The molecule has 0 saturated heterocycles. The van der Waals surface area contributed by atoms with Crippen molar-refractivity contribution in [2.24, 2.45) is 21.7 Å². The number of hydrogen-bond donors (Lipinski definition) is 0. The number of hydrogen-bond acceptors (Lipinski definition) is 2. The SMILES string of the molecule is CC(C)(C)CC(O[SiH2]c1ccc([SiH2]OC(CC(C)(C)C)C(C)(C)C)cc1)C(C)(C)C. The zero-order valence-electron chi connectivity index (χ0n) is 22.1. The molecule has 0 spiro atoms. The molecule has 0 fully saturated rings. The van der Waals surface area contributed by atoms with Gasteiger partial charge in [-0.15, -0.1) is 0 Å². The Labute approximate surface area is 192 Å². The molecule has 0 aliphatic carbocycles. The van der Waals surface area contributed by atoms with Crippen molar-refractivity contribution in [3.63, 3.8) is 0 Å². The quantitative estimate of drug-likeness (QED) is 0.528. The number of benzene rings is 1. The van der Waals surface area contributed by atoms with E-state index in [1.54, 1.807) is 0 Å². The lowest BCUT2D eigenvalue weighted by Gasteiger charge is -2.36. The largest absolute Gasteiger partial charge is 0.415 e. The van der Waals surface area contributed by atoms with Gasteiger partial charge in [-0.1, -0.05) is 107 Å². The first-order valence-electron chi connectivity index (χ1n) is 11.7. The summed E-state index contributed by atoms with van der Waals surface area (Å²) >= 11 is 0. The molecule has 1 aromatic carbocycles. The summed E-state index contributed by atoms with van der Waals surface area (Å²) in [5, 5.41) is 2.77. The third-order valence-electron chi connectivity index (χ3n) is 5.45. The molecule has 0 amide bonds. The van der Waals surface area contributed by atoms with Gasteiger partial charge in [0.1, 0.15) is 0 Å². The van der Waals surface area contributed by atoms with E-state index in [2.05, 4.69) is 107 Å². The molecule has 0 radical (unpaired) electrons. The molecule has 0 N–H and O–H groups in total. The lowest BCUT2D eigenvalue weighted by atomic mass is 9.79. The molecule has 2 atom stereocenters. The monoisotopic (exact) mass is 450 g/mol. The summed E-state index contributed by atoms with van der Waals surface area (Å²) in [6.07, 6.45) is 2.83. The van der Waals surface area contributed by atoms with E-state index < -0.39 is 19.5 Å². The van der Waals surface area contributed by atoms with Crippen LogP contribution in [0.15, 0.2) is 24.3 Å². The lowest BCUT2D eigenvalue weighted by molar-refractivity contribution is 0.0543. The van der Waals surface area contributed by atoms with Crippen molar-refractivity contribution >= 4 is 29.9 Å². The Kier molecular flexibility index (Phi) is 9.63. The fraction of sp³-hybridized carbons (Fsp3) is 0.769.